The van der Waals surface area contributed by atoms with Crippen LogP contribution in [0.3, 0.4) is 0 Å². The first-order valence-corrected chi connectivity index (χ1v) is 10.4. The highest BCUT2D eigenvalue weighted by Gasteiger charge is 2.28. The van der Waals surface area contributed by atoms with Crippen LogP contribution in [0.15, 0.2) is 72.8 Å². The van der Waals surface area contributed by atoms with Crippen LogP contribution in [0.2, 0.25) is 0 Å². The van der Waals surface area contributed by atoms with Gasteiger partial charge in [-0.25, -0.2) is 13.8 Å². The van der Waals surface area contributed by atoms with Crippen molar-refractivity contribution in [3.8, 4) is 11.4 Å². The molecule has 1 saturated heterocycles. The number of rotatable bonds is 3. The van der Waals surface area contributed by atoms with Crippen LogP contribution < -0.4 is 0 Å². The Labute approximate surface area is 178 Å². The van der Waals surface area contributed by atoms with Gasteiger partial charge in [-0.1, -0.05) is 42.5 Å². The molecular formula is C25H21F2N3O. The lowest BCUT2D eigenvalue weighted by molar-refractivity contribution is 0.0692. The number of hydrogen-bond donors (Lipinski definition) is 0. The number of nitrogens with zero attached hydrogens (tertiary/aromatic N) is 3. The first-order valence-electron chi connectivity index (χ1n) is 10.4. The molecule has 0 unspecified atom stereocenters. The number of carbonyl (C=O) groups excluding carboxylic acids is 1. The molecule has 3 aromatic carbocycles. The molecule has 0 aliphatic carbocycles. The summed E-state index contributed by atoms with van der Waals surface area (Å²) in [4.78, 5) is 19.2. The highest BCUT2D eigenvalue weighted by molar-refractivity contribution is 5.94. The Balaban J connectivity index is 1.46. The van der Waals surface area contributed by atoms with Gasteiger partial charge in [0.15, 0.2) is 0 Å². The number of likely N-dealkylation sites (tertiary alicyclic amines) is 1. The molecule has 31 heavy (non-hydrogen) atoms. The number of amides is 1. The van der Waals surface area contributed by atoms with Gasteiger partial charge in [0.05, 0.1) is 16.6 Å². The monoisotopic (exact) mass is 417 g/mol. The molecule has 0 bridgehead atoms. The van der Waals surface area contributed by atoms with E-state index in [0.29, 0.717) is 25.9 Å². The molecule has 0 atom stereocenters. The van der Waals surface area contributed by atoms with Crippen molar-refractivity contribution in [1.29, 1.82) is 0 Å². The van der Waals surface area contributed by atoms with Crippen LogP contribution in [0.4, 0.5) is 8.78 Å². The van der Waals surface area contributed by atoms with Gasteiger partial charge in [-0.15, -0.1) is 0 Å². The Bertz CT molecular complexity index is 1240. The van der Waals surface area contributed by atoms with Crippen molar-refractivity contribution in [2.45, 2.75) is 18.9 Å². The normalized spacial score (nSPS) is 14.8. The van der Waals surface area contributed by atoms with E-state index < -0.39 is 5.82 Å². The van der Waals surface area contributed by atoms with Crippen LogP contribution >= 0.6 is 0 Å². The van der Waals surface area contributed by atoms with Crippen LogP contribution in [-0.2, 0) is 0 Å². The summed E-state index contributed by atoms with van der Waals surface area (Å²) in [7, 11) is 0. The van der Waals surface area contributed by atoms with E-state index in [4.69, 9.17) is 4.98 Å². The molecule has 1 fully saturated rings. The van der Waals surface area contributed by atoms with E-state index in [1.807, 2.05) is 30.3 Å². The maximum Gasteiger partial charge on any atom is 0.256 e. The zero-order valence-electron chi connectivity index (χ0n) is 16.8. The van der Waals surface area contributed by atoms with E-state index in [1.54, 1.807) is 23.1 Å². The summed E-state index contributed by atoms with van der Waals surface area (Å²) in [5.74, 6) is -0.307. The summed E-state index contributed by atoms with van der Waals surface area (Å²) in [6.45, 7) is 1.00. The molecule has 156 valence electrons. The third-order valence-electron chi connectivity index (χ3n) is 5.90. The molecule has 0 N–H and O–H groups in total. The number of imidazole rings is 1. The van der Waals surface area contributed by atoms with Crippen molar-refractivity contribution < 1.29 is 13.6 Å². The molecule has 0 spiro atoms. The fraction of sp³-hybridized carbons (Fsp3) is 0.200. The van der Waals surface area contributed by atoms with E-state index in [2.05, 4.69) is 4.57 Å². The van der Waals surface area contributed by atoms with Crippen molar-refractivity contribution in [2.75, 3.05) is 13.1 Å². The van der Waals surface area contributed by atoms with Crippen LogP contribution in [0.5, 0.6) is 0 Å². The zero-order chi connectivity index (χ0) is 21.4. The minimum atomic E-state index is -0.503. The van der Waals surface area contributed by atoms with Crippen LogP contribution in [0, 0.1) is 11.6 Å². The highest BCUT2D eigenvalue weighted by atomic mass is 19.1. The molecule has 0 radical (unpaired) electrons. The van der Waals surface area contributed by atoms with Crippen molar-refractivity contribution in [3.05, 3.63) is 90.0 Å². The number of aromatic nitrogens is 2. The summed E-state index contributed by atoms with van der Waals surface area (Å²) in [5.41, 5.74) is 2.55. The molecule has 1 aliphatic heterocycles. The molecule has 1 aromatic heterocycles. The molecule has 4 aromatic rings. The fourth-order valence-electron chi connectivity index (χ4n) is 4.36. The lowest BCUT2D eigenvalue weighted by atomic mass is 10.0. The number of benzene rings is 3. The number of piperidine rings is 1. The summed E-state index contributed by atoms with van der Waals surface area (Å²) in [5, 5.41) is 0. The number of carbonyl (C=O) groups is 1. The van der Waals surface area contributed by atoms with Crippen molar-refractivity contribution >= 4 is 16.9 Å². The third-order valence-corrected chi connectivity index (χ3v) is 5.90. The van der Waals surface area contributed by atoms with Gasteiger partial charge in [-0.05, 0) is 43.2 Å². The van der Waals surface area contributed by atoms with Gasteiger partial charge in [0.25, 0.3) is 5.91 Å². The summed E-state index contributed by atoms with van der Waals surface area (Å²) in [6.07, 6.45) is 1.37. The number of hydrogen-bond acceptors (Lipinski definition) is 2. The second-order valence-corrected chi connectivity index (χ2v) is 7.81. The SMILES string of the molecule is O=C(c1ccccc1F)N1CCC(n2c(-c3ccccc3)nc3ccc(F)cc32)CC1. The van der Waals surface area contributed by atoms with Gasteiger partial charge in [-0.3, -0.25) is 4.79 Å². The van der Waals surface area contributed by atoms with E-state index in [1.165, 1.54) is 24.3 Å². The standard InChI is InChI=1S/C25H21F2N3O/c26-18-10-11-22-23(16-18)30(24(28-22)17-6-2-1-3-7-17)19-12-14-29(15-13-19)25(31)20-8-4-5-9-21(20)27/h1-11,16,19H,12-15H2. The Morgan fingerprint density at radius 3 is 2.35 bits per heavy atom. The van der Waals surface area contributed by atoms with E-state index in [0.717, 1.165) is 22.4 Å². The first-order chi connectivity index (χ1) is 15.1. The van der Waals surface area contributed by atoms with Gasteiger partial charge in [0.2, 0.25) is 0 Å². The third kappa shape index (κ3) is 3.58. The Hall–Kier alpha value is -3.54. The van der Waals surface area contributed by atoms with Crippen LogP contribution in [0.1, 0.15) is 29.2 Å². The average Bonchev–Trinajstić information content (AvgIpc) is 3.18. The zero-order valence-corrected chi connectivity index (χ0v) is 16.8. The largest absolute Gasteiger partial charge is 0.338 e. The predicted octanol–water partition coefficient (Wildman–Crippen LogP) is 5.46. The Morgan fingerprint density at radius 1 is 0.903 bits per heavy atom. The lowest BCUT2D eigenvalue weighted by Gasteiger charge is -2.33. The predicted molar refractivity (Wildman–Crippen MR) is 116 cm³/mol. The maximum absolute atomic E-state index is 14.1. The van der Waals surface area contributed by atoms with Gasteiger partial charge in [0.1, 0.15) is 17.5 Å². The Morgan fingerprint density at radius 2 is 1.61 bits per heavy atom. The minimum absolute atomic E-state index is 0.0617. The van der Waals surface area contributed by atoms with E-state index in [-0.39, 0.29) is 23.3 Å². The topological polar surface area (TPSA) is 38.1 Å². The van der Waals surface area contributed by atoms with Crippen molar-refractivity contribution in [3.63, 3.8) is 0 Å². The van der Waals surface area contributed by atoms with Crippen LogP contribution in [-0.4, -0.2) is 33.4 Å². The maximum atomic E-state index is 14.1. The van der Waals surface area contributed by atoms with Gasteiger partial charge < -0.3 is 9.47 Å². The van der Waals surface area contributed by atoms with Crippen LogP contribution in [0.25, 0.3) is 22.4 Å². The summed E-state index contributed by atoms with van der Waals surface area (Å²) >= 11 is 0. The quantitative estimate of drug-likeness (QED) is 0.444. The molecule has 2 heterocycles. The molecular weight excluding hydrogens is 396 g/mol. The van der Waals surface area contributed by atoms with E-state index in [9.17, 15) is 13.6 Å². The van der Waals surface area contributed by atoms with E-state index >= 15 is 0 Å². The molecule has 1 aliphatic rings. The molecule has 6 heteroatoms. The van der Waals surface area contributed by atoms with Gasteiger partial charge in [0, 0.05) is 24.7 Å². The second-order valence-electron chi connectivity index (χ2n) is 7.81. The molecule has 0 saturated carbocycles. The fourth-order valence-corrected chi connectivity index (χ4v) is 4.36. The molecule has 1 amide bonds. The first kappa shape index (κ1) is 19.4. The molecule has 5 rings (SSSR count). The van der Waals surface area contributed by atoms with Crippen molar-refractivity contribution in [2.24, 2.45) is 0 Å². The van der Waals surface area contributed by atoms with Gasteiger partial charge in [-0.2, -0.15) is 0 Å². The Kier molecular flexibility index (Phi) is 4.98. The second kappa shape index (κ2) is 7.95. The lowest BCUT2D eigenvalue weighted by Crippen LogP contribution is -2.39. The average molecular weight is 417 g/mol. The number of halogens is 2. The summed E-state index contributed by atoms with van der Waals surface area (Å²) in [6, 6.07) is 20.6. The molecule has 4 nitrogen and oxygen atoms in total. The minimum Gasteiger partial charge on any atom is -0.338 e. The van der Waals surface area contributed by atoms with Gasteiger partial charge >= 0.3 is 0 Å². The number of fused-ring (bicyclic) bond motifs is 1. The summed E-state index contributed by atoms with van der Waals surface area (Å²) < 4.78 is 30.2. The van der Waals surface area contributed by atoms with Crippen molar-refractivity contribution in [1.82, 2.24) is 14.5 Å². The highest BCUT2D eigenvalue weighted by Crippen LogP contribution is 2.34. The smallest absolute Gasteiger partial charge is 0.256 e.